The predicted octanol–water partition coefficient (Wildman–Crippen LogP) is 4.40. The van der Waals surface area contributed by atoms with E-state index in [4.69, 9.17) is 0 Å². The van der Waals surface area contributed by atoms with Gasteiger partial charge < -0.3 is 0 Å². The first-order valence-corrected chi connectivity index (χ1v) is 8.48. The maximum absolute atomic E-state index is 13.4. The van der Waals surface area contributed by atoms with E-state index in [-0.39, 0.29) is 5.91 Å². The lowest BCUT2D eigenvalue weighted by molar-refractivity contribution is 0.0848. The highest BCUT2D eigenvalue weighted by Gasteiger charge is 2.25. The van der Waals surface area contributed by atoms with Crippen molar-refractivity contribution in [1.82, 2.24) is 4.90 Å². The zero-order valence-electron chi connectivity index (χ0n) is 12.8. The van der Waals surface area contributed by atoms with Gasteiger partial charge in [-0.1, -0.05) is 36.0 Å². The van der Waals surface area contributed by atoms with E-state index < -0.39 is 5.82 Å². The minimum Gasteiger partial charge on any atom is -0.287 e. The Morgan fingerprint density at radius 3 is 2.83 bits per heavy atom. The smallest absolute Gasteiger partial charge is 0.259 e. The fraction of sp³-hybridized carbons (Fsp3) is 0.222. The molecule has 0 aromatic heterocycles. The highest BCUT2D eigenvalue weighted by atomic mass is 32.2. The summed E-state index contributed by atoms with van der Waals surface area (Å²) in [6, 6.07) is 13.6. The summed E-state index contributed by atoms with van der Waals surface area (Å²) in [4.78, 5) is 19.0. The Balaban J connectivity index is 1.93. The van der Waals surface area contributed by atoms with E-state index in [0.29, 0.717) is 17.3 Å². The highest BCUT2D eigenvalue weighted by Crippen LogP contribution is 2.25. The molecule has 0 unspecified atom stereocenters. The van der Waals surface area contributed by atoms with Crippen LogP contribution in [0.25, 0.3) is 0 Å². The van der Waals surface area contributed by atoms with Crippen LogP contribution in [0.1, 0.15) is 22.3 Å². The quantitative estimate of drug-likeness (QED) is 0.818. The van der Waals surface area contributed by atoms with Gasteiger partial charge in [-0.15, -0.1) is 0 Å². The molecule has 3 nitrogen and oxygen atoms in total. The van der Waals surface area contributed by atoms with E-state index in [1.807, 2.05) is 31.2 Å². The molecule has 0 radical (unpaired) electrons. The van der Waals surface area contributed by atoms with Gasteiger partial charge in [-0.05, 0) is 43.2 Å². The van der Waals surface area contributed by atoms with E-state index in [0.717, 1.165) is 23.4 Å². The molecule has 1 saturated heterocycles. The van der Waals surface area contributed by atoms with Gasteiger partial charge in [-0.3, -0.25) is 9.69 Å². The molecule has 2 aromatic carbocycles. The fourth-order valence-corrected chi connectivity index (χ4v) is 3.36. The maximum atomic E-state index is 13.4. The average Bonchev–Trinajstić information content (AvgIpc) is 2.57. The van der Waals surface area contributed by atoms with Crippen molar-refractivity contribution in [2.45, 2.75) is 13.3 Å². The zero-order valence-corrected chi connectivity index (χ0v) is 13.6. The maximum Gasteiger partial charge on any atom is 0.259 e. The Kier molecular flexibility index (Phi) is 4.76. The second-order valence-corrected chi connectivity index (χ2v) is 6.41. The van der Waals surface area contributed by atoms with Crippen LogP contribution in [-0.4, -0.2) is 28.3 Å². The number of aliphatic imine (C=N–C) groups is 1. The number of rotatable bonds is 2. The molecular formula is C18H17FN2OS. The van der Waals surface area contributed by atoms with E-state index in [1.165, 1.54) is 12.1 Å². The van der Waals surface area contributed by atoms with E-state index in [2.05, 4.69) is 4.99 Å². The zero-order chi connectivity index (χ0) is 16.2. The van der Waals surface area contributed by atoms with Crippen molar-refractivity contribution in [3.05, 3.63) is 65.5 Å². The fourth-order valence-electron chi connectivity index (χ4n) is 2.41. The van der Waals surface area contributed by atoms with Gasteiger partial charge in [0.15, 0.2) is 5.17 Å². The first-order chi connectivity index (χ1) is 11.1. The summed E-state index contributed by atoms with van der Waals surface area (Å²) in [5, 5.41) is 0.680. The Morgan fingerprint density at radius 1 is 1.22 bits per heavy atom. The molecule has 1 heterocycles. The molecule has 0 aliphatic carbocycles. The summed E-state index contributed by atoms with van der Waals surface area (Å²) in [6.45, 7) is 2.60. The summed E-state index contributed by atoms with van der Waals surface area (Å²) in [5.41, 5.74) is 2.27. The molecule has 0 atom stereocenters. The normalized spacial score (nSPS) is 16.6. The highest BCUT2D eigenvalue weighted by molar-refractivity contribution is 8.13. The van der Waals surface area contributed by atoms with Gasteiger partial charge in [-0.25, -0.2) is 9.38 Å². The van der Waals surface area contributed by atoms with Crippen molar-refractivity contribution in [2.75, 3.05) is 12.3 Å². The van der Waals surface area contributed by atoms with Gasteiger partial charge in [0.25, 0.3) is 5.91 Å². The lowest BCUT2D eigenvalue weighted by Crippen LogP contribution is -2.39. The lowest BCUT2D eigenvalue weighted by Gasteiger charge is -2.28. The van der Waals surface area contributed by atoms with E-state index in [1.54, 1.807) is 28.8 Å². The number of hydrogen-bond acceptors (Lipinski definition) is 3. The Labute approximate surface area is 139 Å². The number of hydrogen-bond donors (Lipinski definition) is 0. The van der Waals surface area contributed by atoms with Crippen molar-refractivity contribution in [1.29, 1.82) is 0 Å². The number of aryl methyl sites for hydroxylation is 1. The van der Waals surface area contributed by atoms with Crippen molar-refractivity contribution in [2.24, 2.45) is 4.99 Å². The van der Waals surface area contributed by atoms with Crippen LogP contribution in [0.2, 0.25) is 0 Å². The Bertz CT molecular complexity index is 760. The van der Waals surface area contributed by atoms with E-state index >= 15 is 0 Å². The second kappa shape index (κ2) is 6.96. The summed E-state index contributed by atoms with van der Waals surface area (Å²) in [5.74, 6) is 0.319. The number of para-hydroxylation sites is 1. The van der Waals surface area contributed by atoms with Crippen LogP contribution in [0.4, 0.5) is 10.1 Å². The van der Waals surface area contributed by atoms with E-state index in [9.17, 15) is 9.18 Å². The summed E-state index contributed by atoms with van der Waals surface area (Å²) in [6.07, 6.45) is 0.901. The van der Waals surface area contributed by atoms with Crippen LogP contribution in [0, 0.1) is 12.7 Å². The van der Waals surface area contributed by atoms with Gasteiger partial charge in [0.1, 0.15) is 5.82 Å². The minimum atomic E-state index is -0.405. The first-order valence-electron chi connectivity index (χ1n) is 7.50. The monoisotopic (exact) mass is 328 g/mol. The van der Waals surface area contributed by atoms with Crippen molar-refractivity contribution < 1.29 is 9.18 Å². The third-order valence-electron chi connectivity index (χ3n) is 3.64. The Morgan fingerprint density at radius 2 is 2.04 bits per heavy atom. The third kappa shape index (κ3) is 3.62. The SMILES string of the molecule is Cc1ccccc1N=C1SCCCN1C(=O)c1cccc(F)c1. The number of nitrogens with zero attached hydrogens (tertiary/aromatic N) is 2. The molecule has 0 N–H and O–H groups in total. The van der Waals surface area contributed by atoms with Gasteiger partial charge in [0, 0.05) is 17.9 Å². The van der Waals surface area contributed by atoms with Crippen LogP contribution >= 0.6 is 11.8 Å². The largest absolute Gasteiger partial charge is 0.287 e. The molecule has 1 amide bonds. The number of amidine groups is 1. The molecule has 2 aromatic rings. The number of carbonyl (C=O) groups is 1. The minimum absolute atomic E-state index is 0.205. The topological polar surface area (TPSA) is 32.7 Å². The molecule has 0 saturated carbocycles. The molecule has 5 heteroatoms. The van der Waals surface area contributed by atoms with Crippen LogP contribution in [0.3, 0.4) is 0 Å². The molecule has 0 bridgehead atoms. The van der Waals surface area contributed by atoms with Gasteiger partial charge in [0.05, 0.1) is 5.69 Å². The third-order valence-corrected chi connectivity index (χ3v) is 4.70. The molecule has 1 aliphatic rings. The van der Waals surface area contributed by atoms with Crippen LogP contribution in [0.15, 0.2) is 53.5 Å². The van der Waals surface area contributed by atoms with Crippen LogP contribution in [-0.2, 0) is 0 Å². The summed E-state index contributed by atoms with van der Waals surface area (Å²) < 4.78 is 13.4. The molecule has 1 fully saturated rings. The predicted molar refractivity (Wildman–Crippen MR) is 92.8 cm³/mol. The molecule has 23 heavy (non-hydrogen) atoms. The Hall–Kier alpha value is -2.14. The second-order valence-electron chi connectivity index (χ2n) is 5.35. The number of thioether (sulfide) groups is 1. The van der Waals surface area contributed by atoms with Gasteiger partial charge in [0.2, 0.25) is 0 Å². The van der Waals surface area contributed by atoms with Gasteiger partial charge >= 0.3 is 0 Å². The molecule has 1 aliphatic heterocycles. The molecule has 0 spiro atoms. The number of halogens is 1. The van der Waals surface area contributed by atoms with Gasteiger partial charge in [-0.2, -0.15) is 0 Å². The lowest BCUT2D eigenvalue weighted by atomic mass is 10.2. The number of carbonyl (C=O) groups excluding carboxylic acids is 1. The first kappa shape index (κ1) is 15.7. The molecule has 3 rings (SSSR count). The van der Waals surface area contributed by atoms with Crippen molar-refractivity contribution >= 4 is 28.5 Å². The van der Waals surface area contributed by atoms with Crippen LogP contribution < -0.4 is 0 Å². The average molecular weight is 328 g/mol. The summed E-state index contributed by atoms with van der Waals surface area (Å²) >= 11 is 1.56. The van der Waals surface area contributed by atoms with Crippen molar-refractivity contribution in [3.63, 3.8) is 0 Å². The standard InChI is InChI=1S/C18H17FN2OS/c1-13-6-2-3-9-16(13)20-18-21(10-5-11-23-18)17(22)14-7-4-8-15(19)12-14/h2-4,6-9,12H,5,10-11H2,1H3. The number of amides is 1. The summed E-state index contributed by atoms with van der Waals surface area (Å²) in [7, 11) is 0. The van der Waals surface area contributed by atoms with Crippen molar-refractivity contribution in [3.8, 4) is 0 Å². The van der Waals surface area contributed by atoms with Crippen LogP contribution in [0.5, 0.6) is 0 Å². The molecule has 118 valence electrons. The number of benzene rings is 2. The molecular weight excluding hydrogens is 311 g/mol.